The normalized spacial score (nSPS) is 16.4. The molecule has 25 heavy (non-hydrogen) atoms. The number of ketones is 1. The Morgan fingerprint density at radius 3 is 2.84 bits per heavy atom. The zero-order valence-corrected chi connectivity index (χ0v) is 15.2. The van der Waals surface area contributed by atoms with E-state index in [1.54, 1.807) is 18.0 Å². The van der Waals surface area contributed by atoms with Crippen molar-refractivity contribution < 1.29 is 9.59 Å². The van der Waals surface area contributed by atoms with Crippen molar-refractivity contribution in [2.24, 2.45) is 0 Å². The van der Waals surface area contributed by atoms with Gasteiger partial charge in [0.25, 0.3) is 0 Å². The van der Waals surface area contributed by atoms with Crippen LogP contribution < -0.4 is 4.90 Å². The van der Waals surface area contributed by atoms with Gasteiger partial charge in [-0.15, -0.1) is 10.2 Å². The highest BCUT2D eigenvalue weighted by Crippen LogP contribution is 2.40. The molecule has 0 spiro atoms. The summed E-state index contributed by atoms with van der Waals surface area (Å²) in [6.45, 7) is 2.90. The van der Waals surface area contributed by atoms with E-state index in [4.69, 9.17) is 0 Å². The van der Waals surface area contributed by atoms with Crippen LogP contribution in [0, 0.1) is 0 Å². The molecule has 0 N–H and O–H groups in total. The van der Waals surface area contributed by atoms with Crippen molar-refractivity contribution in [1.82, 2.24) is 14.8 Å². The summed E-state index contributed by atoms with van der Waals surface area (Å²) in [5.74, 6) is 2.04. The van der Waals surface area contributed by atoms with Crippen molar-refractivity contribution in [3.8, 4) is 0 Å². The number of benzene rings is 1. The number of hydrogen-bond donors (Lipinski definition) is 0. The Labute approximate surface area is 150 Å². The highest BCUT2D eigenvalue weighted by Gasteiger charge is 2.30. The molecule has 1 aromatic heterocycles. The lowest BCUT2D eigenvalue weighted by atomic mass is 10.1. The molecule has 1 amide bonds. The van der Waals surface area contributed by atoms with Crippen LogP contribution in [0.15, 0.2) is 23.4 Å². The number of anilines is 1. The number of aromatic nitrogens is 3. The number of carbonyl (C=O) groups is 2. The summed E-state index contributed by atoms with van der Waals surface area (Å²) in [6.07, 6.45) is 2.74. The summed E-state index contributed by atoms with van der Waals surface area (Å²) in [5.41, 5.74) is 2.48. The van der Waals surface area contributed by atoms with E-state index in [9.17, 15) is 9.59 Å². The molecule has 1 fully saturated rings. The molecule has 1 saturated carbocycles. The fraction of sp³-hybridized carbons (Fsp3) is 0.444. The van der Waals surface area contributed by atoms with Gasteiger partial charge < -0.3 is 9.47 Å². The number of Topliss-reactive ketones (excluding diaryl/α,β-unsaturated/α-hetero) is 1. The third-order valence-electron chi connectivity index (χ3n) is 4.82. The van der Waals surface area contributed by atoms with E-state index in [1.807, 2.05) is 12.1 Å². The summed E-state index contributed by atoms with van der Waals surface area (Å²) in [7, 11) is 1.76. The number of thioether (sulfide) groups is 1. The summed E-state index contributed by atoms with van der Waals surface area (Å²) >= 11 is 1.44. The summed E-state index contributed by atoms with van der Waals surface area (Å²) in [6, 6.07) is 5.51. The zero-order valence-electron chi connectivity index (χ0n) is 14.4. The van der Waals surface area contributed by atoms with Crippen molar-refractivity contribution in [1.29, 1.82) is 0 Å². The van der Waals surface area contributed by atoms with Gasteiger partial charge in [-0.1, -0.05) is 11.8 Å². The topological polar surface area (TPSA) is 68.1 Å². The number of nitrogens with zero attached hydrogens (tertiary/aromatic N) is 4. The molecule has 1 aliphatic carbocycles. The van der Waals surface area contributed by atoms with E-state index in [0.29, 0.717) is 23.7 Å². The van der Waals surface area contributed by atoms with Gasteiger partial charge in [0.2, 0.25) is 5.91 Å². The number of likely N-dealkylation sites (N-methyl/N-ethyl adjacent to an activating group) is 1. The summed E-state index contributed by atoms with van der Waals surface area (Å²) < 4.78 is 2.12. The predicted molar refractivity (Wildman–Crippen MR) is 96.3 cm³/mol. The fourth-order valence-corrected chi connectivity index (χ4v) is 4.11. The Hall–Kier alpha value is -2.15. The molecule has 6 nitrogen and oxygen atoms in total. The van der Waals surface area contributed by atoms with Gasteiger partial charge in [0.05, 0.1) is 12.2 Å². The smallest absolute Gasteiger partial charge is 0.231 e. The van der Waals surface area contributed by atoms with Crippen LogP contribution in [0.2, 0.25) is 0 Å². The average Bonchev–Trinajstić information content (AvgIpc) is 3.32. The summed E-state index contributed by atoms with van der Waals surface area (Å²) in [4.78, 5) is 26.0. The molecular formula is C18H20N4O2S. The van der Waals surface area contributed by atoms with E-state index in [2.05, 4.69) is 21.7 Å². The molecule has 1 aromatic carbocycles. The van der Waals surface area contributed by atoms with Crippen LogP contribution in [0.3, 0.4) is 0 Å². The molecule has 130 valence electrons. The largest absolute Gasteiger partial charge is 0.315 e. The molecule has 2 heterocycles. The lowest BCUT2D eigenvalue weighted by Gasteiger charge is -2.10. The van der Waals surface area contributed by atoms with Crippen molar-refractivity contribution in [3.63, 3.8) is 0 Å². The third-order valence-corrected chi connectivity index (χ3v) is 5.78. The molecule has 0 radical (unpaired) electrons. The Balaban J connectivity index is 1.46. The molecule has 2 aliphatic rings. The maximum absolute atomic E-state index is 12.6. The van der Waals surface area contributed by atoms with E-state index < -0.39 is 0 Å². The van der Waals surface area contributed by atoms with Crippen LogP contribution in [0.25, 0.3) is 0 Å². The lowest BCUT2D eigenvalue weighted by Crippen LogP contribution is -2.20. The van der Waals surface area contributed by atoms with Crippen LogP contribution in [0.1, 0.15) is 47.4 Å². The van der Waals surface area contributed by atoms with Gasteiger partial charge in [0.15, 0.2) is 10.9 Å². The van der Waals surface area contributed by atoms with Crippen LogP contribution >= 0.6 is 11.8 Å². The van der Waals surface area contributed by atoms with Gasteiger partial charge in [0, 0.05) is 30.8 Å². The van der Waals surface area contributed by atoms with Gasteiger partial charge >= 0.3 is 0 Å². The third kappa shape index (κ3) is 2.97. The number of hydrogen-bond acceptors (Lipinski definition) is 5. The Kier molecular flexibility index (Phi) is 4.11. The van der Waals surface area contributed by atoms with Crippen LogP contribution in [0.5, 0.6) is 0 Å². The first kappa shape index (κ1) is 16.3. The first-order valence-electron chi connectivity index (χ1n) is 8.57. The highest BCUT2D eigenvalue weighted by atomic mass is 32.2. The molecule has 0 saturated heterocycles. The first-order valence-corrected chi connectivity index (χ1v) is 9.55. The number of amides is 1. The van der Waals surface area contributed by atoms with Gasteiger partial charge in [0.1, 0.15) is 5.82 Å². The van der Waals surface area contributed by atoms with Crippen molar-refractivity contribution >= 4 is 29.1 Å². The molecule has 4 rings (SSSR count). The summed E-state index contributed by atoms with van der Waals surface area (Å²) in [5, 5.41) is 9.38. The van der Waals surface area contributed by atoms with Gasteiger partial charge in [-0.2, -0.15) is 0 Å². The van der Waals surface area contributed by atoms with Crippen molar-refractivity contribution in [3.05, 3.63) is 35.2 Å². The first-order chi connectivity index (χ1) is 12.1. The Morgan fingerprint density at radius 2 is 2.12 bits per heavy atom. The van der Waals surface area contributed by atoms with Crippen LogP contribution in [-0.2, 0) is 17.8 Å². The maximum Gasteiger partial charge on any atom is 0.231 e. The number of fused-ring (bicyclic) bond motifs is 1. The molecule has 0 atom stereocenters. The Morgan fingerprint density at radius 1 is 1.32 bits per heavy atom. The molecule has 7 heteroatoms. The molecule has 0 bridgehead atoms. The Bertz CT molecular complexity index is 857. The standard InChI is InChI=1S/C18H20N4O2S/c1-3-22-17(11-4-5-11)19-20-18(22)25-10-15(23)12-6-7-14-13(8-12)9-16(24)21(14)2/h6-8,11H,3-5,9-10H2,1-2H3. The monoisotopic (exact) mass is 356 g/mol. The van der Waals surface area contributed by atoms with Crippen LogP contribution in [-0.4, -0.2) is 39.3 Å². The van der Waals surface area contributed by atoms with Gasteiger partial charge in [-0.25, -0.2) is 0 Å². The molecule has 2 aromatic rings. The van der Waals surface area contributed by atoms with Crippen molar-refractivity contribution in [2.75, 3.05) is 17.7 Å². The minimum Gasteiger partial charge on any atom is -0.315 e. The van der Waals surface area contributed by atoms with E-state index in [1.165, 1.54) is 24.6 Å². The number of carbonyl (C=O) groups excluding carboxylic acids is 2. The quantitative estimate of drug-likeness (QED) is 0.588. The minimum absolute atomic E-state index is 0.0495. The number of rotatable bonds is 6. The maximum atomic E-state index is 12.6. The zero-order chi connectivity index (χ0) is 17.6. The minimum atomic E-state index is 0.0495. The highest BCUT2D eigenvalue weighted by molar-refractivity contribution is 7.99. The lowest BCUT2D eigenvalue weighted by molar-refractivity contribution is -0.117. The molecule has 0 unspecified atom stereocenters. The second kappa shape index (κ2) is 6.29. The van der Waals surface area contributed by atoms with E-state index >= 15 is 0 Å². The fourth-order valence-electron chi connectivity index (χ4n) is 3.20. The predicted octanol–water partition coefficient (Wildman–Crippen LogP) is 2.67. The van der Waals surface area contributed by atoms with Crippen molar-refractivity contribution in [2.45, 2.75) is 43.8 Å². The van der Waals surface area contributed by atoms with E-state index in [-0.39, 0.29) is 11.7 Å². The SMILES string of the molecule is CCn1c(SCC(=O)c2ccc3c(c2)CC(=O)N3C)nnc1C1CC1. The van der Waals surface area contributed by atoms with Gasteiger partial charge in [-0.05, 0) is 43.5 Å². The molecular weight excluding hydrogens is 336 g/mol. The van der Waals surface area contributed by atoms with Crippen LogP contribution in [0.4, 0.5) is 5.69 Å². The van der Waals surface area contributed by atoms with E-state index in [0.717, 1.165) is 28.8 Å². The molecule has 1 aliphatic heterocycles. The average molecular weight is 356 g/mol. The second-order valence-electron chi connectivity index (χ2n) is 6.54. The second-order valence-corrected chi connectivity index (χ2v) is 7.49. The van der Waals surface area contributed by atoms with Gasteiger partial charge in [-0.3, -0.25) is 9.59 Å².